The highest BCUT2D eigenvalue weighted by molar-refractivity contribution is 6.02. The van der Waals surface area contributed by atoms with Gasteiger partial charge in [-0.25, -0.2) is 0 Å². The summed E-state index contributed by atoms with van der Waals surface area (Å²) in [5, 5.41) is 9.86. The molecule has 0 heterocycles. The Hall–Kier alpha value is -1.35. The van der Waals surface area contributed by atoms with Crippen LogP contribution in [0, 0.1) is 5.92 Å². The molecule has 0 aromatic heterocycles. The number of carbonyl (C=O) groups excluding carboxylic acids is 1. The Morgan fingerprint density at radius 1 is 1.35 bits per heavy atom. The van der Waals surface area contributed by atoms with Gasteiger partial charge in [0, 0.05) is 0 Å². The Kier molecular flexibility index (Phi) is 3.48. The molecule has 1 unspecified atom stereocenters. The van der Waals surface area contributed by atoms with Crippen molar-refractivity contribution in [3.8, 4) is 5.75 Å². The minimum Gasteiger partial charge on any atom is -0.490 e. The molecule has 17 heavy (non-hydrogen) atoms. The van der Waals surface area contributed by atoms with Crippen molar-refractivity contribution in [3.63, 3.8) is 0 Å². The lowest BCUT2D eigenvalue weighted by Gasteiger charge is -2.15. The van der Waals surface area contributed by atoms with Crippen molar-refractivity contribution in [1.82, 2.24) is 0 Å². The standard InChI is InChI=1S/C14H18O3/c1-9(2)17-12-6-4-3-5-11(12)14(16)13(15)10-7-8-10/h3-6,9-10,13,15H,7-8H2,1-2H3. The molecular formula is C14H18O3. The van der Waals surface area contributed by atoms with Crippen LogP contribution in [0.3, 0.4) is 0 Å². The van der Waals surface area contributed by atoms with Gasteiger partial charge in [0.15, 0.2) is 5.78 Å². The molecule has 1 fully saturated rings. The van der Waals surface area contributed by atoms with E-state index in [-0.39, 0.29) is 17.8 Å². The van der Waals surface area contributed by atoms with Crippen LogP contribution in [0.25, 0.3) is 0 Å². The lowest BCUT2D eigenvalue weighted by molar-refractivity contribution is 0.0698. The van der Waals surface area contributed by atoms with Gasteiger partial charge in [-0.1, -0.05) is 12.1 Å². The largest absolute Gasteiger partial charge is 0.490 e. The van der Waals surface area contributed by atoms with E-state index in [0.29, 0.717) is 11.3 Å². The SMILES string of the molecule is CC(C)Oc1ccccc1C(=O)C(O)C1CC1. The van der Waals surface area contributed by atoms with Gasteiger partial charge >= 0.3 is 0 Å². The van der Waals surface area contributed by atoms with Gasteiger partial charge in [0.25, 0.3) is 0 Å². The van der Waals surface area contributed by atoms with Gasteiger partial charge in [0.2, 0.25) is 0 Å². The minimum absolute atomic E-state index is 0.0158. The molecule has 3 heteroatoms. The van der Waals surface area contributed by atoms with Crippen molar-refractivity contribution in [1.29, 1.82) is 0 Å². The second-order valence-electron chi connectivity index (χ2n) is 4.81. The monoisotopic (exact) mass is 234 g/mol. The fraction of sp³-hybridized carbons (Fsp3) is 0.500. The number of rotatable bonds is 5. The molecule has 1 saturated carbocycles. The smallest absolute Gasteiger partial charge is 0.195 e. The topological polar surface area (TPSA) is 46.5 Å². The Bertz CT molecular complexity index is 408. The molecule has 2 rings (SSSR count). The molecule has 1 aromatic rings. The first kappa shape index (κ1) is 12.1. The van der Waals surface area contributed by atoms with E-state index in [0.717, 1.165) is 12.8 Å². The highest BCUT2D eigenvalue weighted by Gasteiger charge is 2.35. The van der Waals surface area contributed by atoms with Gasteiger partial charge < -0.3 is 9.84 Å². The van der Waals surface area contributed by atoms with E-state index in [2.05, 4.69) is 0 Å². The summed E-state index contributed by atoms with van der Waals surface area (Å²) in [7, 11) is 0. The summed E-state index contributed by atoms with van der Waals surface area (Å²) < 4.78 is 5.58. The highest BCUT2D eigenvalue weighted by Crippen LogP contribution is 2.35. The van der Waals surface area contributed by atoms with Gasteiger partial charge in [-0.2, -0.15) is 0 Å². The van der Waals surface area contributed by atoms with E-state index < -0.39 is 6.10 Å². The molecule has 1 aliphatic rings. The van der Waals surface area contributed by atoms with Gasteiger partial charge in [0.1, 0.15) is 11.9 Å². The third-order valence-corrected chi connectivity index (χ3v) is 2.85. The van der Waals surface area contributed by atoms with E-state index >= 15 is 0 Å². The number of aliphatic hydroxyl groups is 1. The zero-order chi connectivity index (χ0) is 12.4. The third kappa shape index (κ3) is 2.86. The number of hydrogen-bond acceptors (Lipinski definition) is 3. The molecule has 1 N–H and O–H groups in total. The molecule has 0 bridgehead atoms. The lowest BCUT2D eigenvalue weighted by atomic mass is 10.0. The number of aliphatic hydroxyl groups excluding tert-OH is 1. The third-order valence-electron chi connectivity index (χ3n) is 2.85. The molecule has 0 aliphatic heterocycles. The molecule has 0 radical (unpaired) electrons. The van der Waals surface area contributed by atoms with Crippen LogP contribution in [0.2, 0.25) is 0 Å². The van der Waals surface area contributed by atoms with Crippen LogP contribution >= 0.6 is 0 Å². The normalized spacial score (nSPS) is 16.9. The molecule has 0 spiro atoms. The van der Waals surface area contributed by atoms with Crippen LogP contribution in [0.15, 0.2) is 24.3 Å². The van der Waals surface area contributed by atoms with Gasteiger partial charge in [-0.15, -0.1) is 0 Å². The van der Waals surface area contributed by atoms with Crippen molar-refractivity contribution in [2.75, 3.05) is 0 Å². The molecule has 1 atom stereocenters. The van der Waals surface area contributed by atoms with E-state index in [9.17, 15) is 9.90 Å². The maximum absolute atomic E-state index is 12.1. The fourth-order valence-electron chi connectivity index (χ4n) is 1.81. The number of Topliss-reactive ketones (excluding diaryl/α,β-unsaturated/α-hetero) is 1. The first-order valence-corrected chi connectivity index (χ1v) is 6.07. The van der Waals surface area contributed by atoms with Crippen molar-refractivity contribution < 1.29 is 14.6 Å². The summed E-state index contributed by atoms with van der Waals surface area (Å²) in [6.07, 6.45) is 1.04. The summed E-state index contributed by atoms with van der Waals surface area (Å²) in [5.41, 5.74) is 0.487. The Balaban J connectivity index is 2.21. The number of para-hydroxylation sites is 1. The van der Waals surface area contributed by atoms with Crippen LogP contribution in [-0.2, 0) is 0 Å². The van der Waals surface area contributed by atoms with Crippen LogP contribution in [0.1, 0.15) is 37.0 Å². The lowest BCUT2D eigenvalue weighted by Crippen LogP contribution is -2.23. The van der Waals surface area contributed by atoms with Crippen LogP contribution in [0.4, 0.5) is 0 Å². The average Bonchev–Trinajstić information content (AvgIpc) is 3.11. The number of carbonyl (C=O) groups is 1. The van der Waals surface area contributed by atoms with E-state index in [1.54, 1.807) is 18.2 Å². The first-order valence-electron chi connectivity index (χ1n) is 6.07. The summed E-state index contributed by atoms with van der Waals surface area (Å²) in [4.78, 5) is 12.1. The summed E-state index contributed by atoms with van der Waals surface area (Å²) >= 11 is 0. The van der Waals surface area contributed by atoms with E-state index in [1.165, 1.54) is 0 Å². The van der Waals surface area contributed by atoms with E-state index in [1.807, 2.05) is 19.9 Å². The molecular weight excluding hydrogens is 216 g/mol. The molecule has 0 saturated heterocycles. The van der Waals surface area contributed by atoms with Crippen molar-refractivity contribution in [3.05, 3.63) is 29.8 Å². The predicted molar refractivity (Wildman–Crippen MR) is 65.3 cm³/mol. The van der Waals surface area contributed by atoms with Gasteiger partial charge in [0.05, 0.1) is 11.7 Å². The molecule has 1 aromatic carbocycles. The minimum atomic E-state index is -0.869. The fourth-order valence-corrected chi connectivity index (χ4v) is 1.81. The summed E-state index contributed by atoms with van der Waals surface area (Å²) in [6.45, 7) is 3.83. The number of ketones is 1. The number of hydrogen-bond donors (Lipinski definition) is 1. The van der Waals surface area contributed by atoms with Crippen molar-refractivity contribution in [2.45, 2.75) is 38.9 Å². The summed E-state index contributed by atoms with van der Waals surface area (Å²) in [5.74, 6) is 0.491. The number of ether oxygens (including phenoxy) is 1. The maximum Gasteiger partial charge on any atom is 0.195 e. The number of benzene rings is 1. The van der Waals surface area contributed by atoms with Gasteiger partial charge in [-0.3, -0.25) is 4.79 Å². The summed E-state index contributed by atoms with van der Waals surface area (Å²) in [6, 6.07) is 7.11. The first-order chi connectivity index (χ1) is 8.09. The Labute approximate surface area is 101 Å². The molecule has 92 valence electrons. The quantitative estimate of drug-likeness (QED) is 0.796. The van der Waals surface area contributed by atoms with Crippen molar-refractivity contribution in [2.24, 2.45) is 5.92 Å². The molecule has 3 nitrogen and oxygen atoms in total. The second-order valence-corrected chi connectivity index (χ2v) is 4.81. The van der Waals surface area contributed by atoms with Crippen LogP contribution in [0.5, 0.6) is 5.75 Å². The highest BCUT2D eigenvalue weighted by atomic mass is 16.5. The zero-order valence-corrected chi connectivity index (χ0v) is 10.2. The Morgan fingerprint density at radius 3 is 2.59 bits per heavy atom. The molecule has 1 aliphatic carbocycles. The Morgan fingerprint density at radius 2 is 2.00 bits per heavy atom. The van der Waals surface area contributed by atoms with Crippen LogP contribution < -0.4 is 4.74 Å². The second kappa shape index (κ2) is 4.88. The zero-order valence-electron chi connectivity index (χ0n) is 10.2. The molecule has 0 amide bonds. The maximum atomic E-state index is 12.1. The van der Waals surface area contributed by atoms with E-state index in [4.69, 9.17) is 4.74 Å². The average molecular weight is 234 g/mol. The van der Waals surface area contributed by atoms with Crippen LogP contribution in [-0.4, -0.2) is 23.1 Å². The predicted octanol–water partition coefficient (Wildman–Crippen LogP) is 2.43. The van der Waals surface area contributed by atoms with Crippen molar-refractivity contribution >= 4 is 5.78 Å². The van der Waals surface area contributed by atoms with Gasteiger partial charge in [-0.05, 0) is 44.7 Å².